The summed E-state index contributed by atoms with van der Waals surface area (Å²) in [7, 11) is 0. The van der Waals surface area contributed by atoms with Gasteiger partial charge in [-0.25, -0.2) is 9.37 Å². The number of anilines is 2. The van der Waals surface area contributed by atoms with Crippen LogP contribution in [0.1, 0.15) is 37.7 Å². The van der Waals surface area contributed by atoms with Crippen LogP contribution >= 0.6 is 11.6 Å². The maximum Gasteiger partial charge on any atom is 0.417 e. The van der Waals surface area contributed by atoms with Gasteiger partial charge in [-0.05, 0) is 50.4 Å². The highest BCUT2D eigenvalue weighted by atomic mass is 35.5. The zero-order chi connectivity index (χ0) is 30.4. The fourth-order valence-electron chi connectivity index (χ4n) is 7.79. The standard InChI is InChI=1S/C30H31ClF4N8O/c31-24-23(19-4-8-41-9-5-22(36)38-26(19)41)21(30(33,34)35)10-20-25(24)39-28(40-27(20)42-13-17-2-3-18(14-42)37-17)44-15-29-6-1-7-43(29)12-16(32)11-29/h4-5,8-10,16-18,37H,1-3,6-7,11-15H2,(H2,36,38)/t16-,17?,18?,29+/m1/s1. The number of fused-ring (bicyclic) bond motifs is 5. The molecule has 0 radical (unpaired) electrons. The Morgan fingerprint density at radius 3 is 2.64 bits per heavy atom. The maximum atomic E-state index is 14.8. The molecule has 1 aromatic carbocycles. The number of rotatable bonds is 5. The fraction of sp³-hybridized carbons (Fsp3) is 0.500. The lowest BCUT2D eigenvalue weighted by molar-refractivity contribution is -0.137. The van der Waals surface area contributed by atoms with Crippen molar-refractivity contribution in [2.45, 2.75) is 62.1 Å². The molecule has 4 saturated heterocycles. The minimum atomic E-state index is -4.74. The first-order valence-corrected chi connectivity index (χ1v) is 15.3. The number of ether oxygens (including phenoxy) is 1. The van der Waals surface area contributed by atoms with Crippen molar-refractivity contribution < 1.29 is 22.3 Å². The zero-order valence-electron chi connectivity index (χ0n) is 23.7. The molecule has 8 rings (SSSR count). The molecule has 2 bridgehead atoms. The first-order valence-electron chi connectivity index (χ1n) is 15.0. The Morgan fingerprint density at radius 1 is 1.09 bits per heavy atom. The molecule has 4 fully saturated rings. The van der Waals surface area contributed by atoms with Crippen LogP contribution in [0.4, 0.5) is 29.2 Å². The molecule has 7 heterocycles. The molecule has 14 heteroatoms. The second-order valence-electron chi connectivity index (χ2n) is 12.6. The van der Waals surface area contributed by atoms with Crippen molar-refractivity contribution >= 4 is 39.8 Å². The van der Waals surface area contributed by atoms with Crippen molar-refractivity contribution in [1.82, 2.24) is 29.6 Å². The highest BCUT2D eigenvalue weighted by Gasteiger charge is 2.49. The molecule has 0 saturated carbocycles. The van der Waals surface area contributed by atoms with Crippen LogP contribution in [0.3, 0.4) is 0 Å². The van der Waals surface area contributed by atoms with Gasteiger partial charge in [-0.3, -0.25) is 4.90 Å². The van der Waals surface area contributed by atoms with Gasteiger partial charge >= 0.3 is 12.2 Å². The predicted molar refractivity (Wildman–Crippen MR) is 159 cm³/mol. The number of hydrogen-bond donors (Lipinski definition) is 2. The van der Waals surface area contributed by atoms with Gasteiger partial charge in [0.2, 0.25) is 0 Å². The second kappa shape index (κ2) is 10.0. The summed E-state index contributed by atoms with van der Waals surface area (Å²) in [6.45, 7) is 2.52. The molecule has 3 aromatic heterocycles. The molecular weight excluding hydrogens is 600 g/mol. The van der Waals surface area contributed by atoms with Crippen LogP contribution in [0, 0.1) is 0 Å². The van der Waals surface area contributed by atoms with Gasteiger partial charge in [0.25, 0.3) is 0 Å². The van der Waals surface area contributed by atoms with E-state index >= 15 is 0 Å². The van der Waals surface area contributed by atoms with Crippen molar-refractivity contribution in [2.24, 2.45) is 0 Å². The number of nitrogens with two attached hydrogens (primary N) is 1. The van der Waals surface area contributed by atoms with Gasteiger partial charge in [-0.2, -0.15) is 23.1 Å². The van der Waals surface area contributed by atoms with Crippen LogP contribution in [0.5, 0.6) is 6.01 Å². The highest BCUT2D eigenvalue weighted by molar-refractivity contribution is 6.38. The number of benzene rings is 1. The Balaban J connectivity index is 1.31. The van der Waals surface area contributed by atoms with E-state index in [4.69, 9.17) is 27.1 Å². The summed E-state index contributed by atoms with van der Waals surface area (Å²) in [6, 6.07) is 4.62. The van der Waals surface area contributed by atoms with Crippen LogP contribution in [0.2, 0.25) is 5.02 Å². The lowest BCUT2D eigenvalue weighted by Gasteiger charge is -2.35. The van der Waals surface area contributed by atoms with Crippen molar-refractivity contribution in [3.05, 3.63) is 41.2 Å². The zero-order valence-corrected chi connectivity index (χ0v) is 24.5. The Labute approximate surface area is 255 Å². The molecule has 0 spiro atoms. The van der Waals surface area contributed by atoms with Gasteiger partial charge < -0.3 is 25.1 Å². The van der Waals surface area contributed by atoms with Crippen LogP contribution in [0.15, 0.2) is 30.6 Å². The van der Waals surface area contributed by atoms with Gasteiger partial charge in [0, 0.05) is 67.0 Å². The minimum Gasteiger partial charge on any atom is -0.461 e. The van der Waals surface area contributed by atoms with Gasteiger partial charge in [-0.15, -0.1) is 0 Å². The van der Waals surface area contributed by atoms with E-state index in [0.29, 0.717) is 31.9 Å². The van der Waals surface area contributed by atoms with E-state index in [1.54, 1.807) is 28.9 Å². The van der Waals surface area contributed by atoms with Crippen molar-refractivity contribution in [3.63, 3.8) is 0 Å². The summed E-state index contributed by atoms with van der Waals surface area (Å²) in [5.74, 6) is 0.515. The molecule has 4 atom stereocenters. The number of nitrogens with one attached hydrogen (secondary N) is 1. The third kappa shape index (κ3) is 4.54. The SMILES string of the molecule is Nc1ccn2ccc(-c3c(C(F)(F)F)cc4c(N5CC6CCC(C5)N6)nc(OC[C@@]56CCCN5C[C@H](F)C6)nc4c3Cl)c2n1. The Morgan fingerprint density at radius 2 is 1.86 bits per heavy atom. The Bertz CT molecular complexity index is 1770. The first-order chi connectivity index (χ1) is 21.1. The normalized spacial score (nSPS) is 27.1. The minimum absolute atomic E-state index is 0.0126. The van der Waals surface area contributed by atoms with Crippen LogP contribution in [0.25, 0.3) is 27.7 Å². The molecule has 4 aliphatic rings. The van der Waals surface area contributed by atoms with Gasteiger partial charge in [0.15, 0.2) is 0 Å². The lowest BCUT2D eigenvalue weighted by Crippen LogP contribution is -2.51. The molecule has 3 N–H and O–H groups in total. The number of aromatic nitrogens is 4. The molecule has 4 aliphatic heterocycles. The maximum absolute atomic E-state index is 14.8. The average molecular weight is 631 g/mol. The molecule has 0 aliphatic carbocycles. The summed E-state index contributed by atoms with van der Waals surface area (Å²) in [5.41, 5.74) is 4.88. The van der Waals surface area contributed by atoms with Gasteiger partial charge in [0.05, 0.1) is 21.6 Å². The molecular formula is C30H31ClF4N8O. The summed E-state index contributed by atoms with van der Waals surface area (Å²) >= 11 is 6.97. The molecule has 44 heavy (non-hydrogen) atoms. The van der Waals surface area contributed by atoms with Gasteiger partial charge in [-0.1, -0.05) is 11.6 Å². The molecule has 0 amide bonds. The van der Waals surface area contributed by atoms with Crippen LogP contribution in [-0.4, -0.2) is 80.8 Å². The van der Waals surface area contributed by atoms with Crippen molar-refractivity contribution in [2.75, 3.05) is 43.4 Å². The summed E-state index contributed by atoms with van der Waals surface area (Å²) in [5, 5.41) is 3.58. The third-order valence-electron chi connectivity index (χ3n) is 9.74. The Hall–Kier alpha value is -3.42. The third-order valence-corrected chi connectivity index (χ3v) is 10.1. The Kier molecular flexibility index (Phi) is 6.41. The van der Waals surface area contributed by atoms with E-state index in [1.807, 2.05) is 4.90 Å². The molecule has 2 unspecified atom stereocenters. The van der Waals surface area contributed by atoms with E-state index in [-0.39, 0.29) is 63.2 Å². The number of nitrogen functional groups attached to an aromatic ring is 1. The average Bonchev–Trinajstić information content (AvgIpc) is 3.73. The van der Waals surface area contributed by atoms with Gasteiger partial charge in [0.1, 0.15) is 30.1 Å². The molecule has 9 nitrogen and oxygen atoms in total. The molecule has 232 valence electrons. The second-order valence-corrected chi connectivity index (χ2v) is 12.9. The van der Waals surface area contributed by atoms with Crippen LogP contribution in [-0.2, 0) is 6.18 Å². The van der Waals surface area contributed by atoms with Crippen LogP contribution < -0.4 is 20.7 Å². The van der Waals surface area contributed by atoms with E-state index in [2.05, 4.69) is 20.2 Å². The van der Waals surface area contributed by atoms with E-state index in [1.165, 1.54) is 0 Å². The topological polar surface area (TPSA) is 96.8 Å². The van der Waals surface area contributed by atoms with E-state index in [0.717, 1.165) is 38.3 Å². The molecule has 4 aromatic rings. The monoisotopic (exact) mass is 630 g/mol. The largest absolute Gasteiger partial charge is 0.461 e. The summed E-state index contributed by atoms with van der Waals surface area (Å²) in [4.78, 5) is 17.8. The van der Waals surface area contributed by atoms with E-state index in [9.17, 15) is 17.6 Å². The summed E-state index contributed by atoms with van der Waals surface area (Å²) in [6.07, 6.45) is 1.64. The smallest absolute Gasteiger partial charge is 0.417 e. The van der Waals surface area contributed by atoms with E-state index < -0.39 is 23.5 Å². The predicted octanol–water partition coefficient (Wildman–Crippen LogP) is 5.09. The first kappa shape index (κ1) is 28.1. The number of halogens is 5. The summed E-state index contributed by atoms with van der Waals surface area (Å²) < 4.78 is 66.8. The lowest BCUT2D eigenvalue weighted by atomic mass is 9.95. The van der Waals surface area contributed by atoms with Crippen molar-refractivity contribution in [3.8, 4) is 17.1 Å². The van der Waals surface area contributed by atoms with Crippen molar-refractivity contribution in [1.29, 1.82) is 0 Å². The number of hydrogen-bond acceptors (Lipinski definition) is 8. The number of alkyl halides is 4. The number of piperazine rings is 1. The fourth-order valence-corrected chi connectivity index (χ4v) is 8.14. The highest BCUT2D eigenvalue weighted by Crippen LogP contribution is 2.48. The number of nitrogens with zero attached hydrogens (tertiary/aromatic N) is 6. The quantitative estimate of drug-likeness (QED) is 0.294.